The Balaban J connectivity index is 1.92. The maximum Gasteiger partial charge on any atom is 0.236 e. The summed E-state index contributed by atoms with van der Waals surface area (Å²) < 4.78 is 5.43. The zero-order valence-corrected chi connectivity index (χ0v) is 17.1. The van der Waals surface area contributed by atoms with Gasteiger partial charge < -0.3 is 9.64 Å². The highest BCUT2D eigenvalue weighted by Crippen LogP contribution is 2.21. The number of nitrogens with zero attached hydrogens (tertiary/aromatic N) is 2. The quantitative estimate of drug-likeness (QED) is 0.660. The summed E-state index contributed by atoms with van der Waals surface area (Å²) in [5, 5.41) is 0. The number of likely N-dealkylation sites (N-methyl/N-ethyl adjacent to an activating group) is 2. The Hall–Kier alpha value is -1.98. The molecule has 4 nitrogen and oxygen atoms in total. The van der Waals surface area contributed by atoms with Crippen LogP contribution < -0.4 is 4.74 Å². The maximum atomic E-state index is 12.5. The Labute approximate surface area is 161 Å². The van der Waals surface area contributed by atoms with E-state index < -0.39 is 0 Å². The lowest BCUT2D eigenvalue weighted by Gasteiger charge is -2.23. The molecule has 1 amide bonds. The van der Waals surface area contributed by atoms with Crippen molar-refractivity contribution in [2.45, 2.75) is 24.9 Å². The zero-order valence-electron chi connectivity index (χ0n) is 16.3. The summed E-state index contributed by atoms with van der Waals surface area (Å²) >= 11 is 1.72. The zero-order chi connectivity index (χ0) is 19.1. The molecule has 0 heterocycles. The van der Waals surface area contributed by atoms with Crippen LogP contribution in [0.5, 0.6) is 5.75 Å². The van der Waals surface area contributed by atoms with E-state index >= 15 is 0 Å². The van der Waals surface area contributed by atoms with Crippen molar-refractivity contribution in [2.24, 2.45) is 0 Å². The fourth-order valence-electron chi connectivity index (χ4n) is 2.82. The largest absolute Gasteiger partial charge is 0.496 e. The van der Waals surface area contributed by atoms with Gasteiger partial charge in [0.2, 0.25) is 5.91 Å². The average Bonchev–Trinajstić information content (AvgIpc) is 2.62. The molecule has 0 aliphatic carbocycles. The van der Waals surface area contributed by atoms with Crippen LogP contribution in [0.3, 0.4) is 0 Å². The van der Waals surface area contributed by atoms with Crippen LogP contribution in [0, 0.1) is 6.92 Å². The Kier molecular flexibility index (Phi) is 7.54. The summed E-state index contributed by atoms with van der Waals surface area (Å²) in [6.07, 6.45) is 2.06. The molecule has 140 valence electrons. The molecule has 0 spiro atoms. The molecule has 0 fully saturated rings. The first-order chi connectivity index (χ1) is 12.4. The number of carbonyl (C=O) groups excluding carboxylic acids is 1. The molecule has 0 unspecified atom stereocenters. The molecule has 26 heavy (non-hydrogen) atoms. The van der Waals surface area contributed by atoms with E-state index in [4.69, 9.17) is 4.74 Å². The summed E-state index contributed by atoms with van der Waals surface area (Å²) in [7, 11) is 5.49. The molecule has 0 aromatic heterocycles. The van der Waals surface area contributed by atoms with E-state index in [2.05, 4.69) is 43.5 Å². The predicted molar refractivity (Wildman–Crippen MR) is 109 cm³/mol. The number of aryl methyl sites for hydroxylation is 1. The van der Waals surface area contributed by atoms with Crippen LogP contribution in [0.1, 0.15) is 16.7 Å². The number of methoxy groups -OCH3 is 1. The maximum absolute atomic E-state index is 12.5. The lowest BCUT2D eigenvalue weighted by Crippen LogP contribution is -2.36. The standard InChI is InChI=1S/C21H28N2O2S/c1-16-6-11-20(25-4)18(12-16)14-22(2)15-21(24)23(3)13-17-7-9-19(26-5)10-8-17/h6-12H,13-15H2,1-5H3. The van der Waals surface area contributed by atoms with Crippen molar-refractivity contribution in [1.29, 1.82) is 0 Å². The monoisotopic (exact) mass is 372 g/mol. The van der Waals surface area contributed by atoms with Crippen molar-refractivity contribution in [3.05, 3.63) is 59.2 Å². The number of amides is 1. The summed E-state index contributed by atoms with van der Waals surface area (Å²) in [6, 6.07) is 14.5. The van der Waals surface area contributed by atoms with E-state index in [0.29, 0.717) is 19.6 Å². The van der Waals surface area contributed by atoms with Crippen molar-refractivity contribution in [3.8, 4) is 5.75 Å². The number of thioether (sulfide) groups is 1. The van der Waals surface area contributed by atoms with Crippen molar-refractivity contribution in [1.82, 2.24) is 9.80 Å². The van der Waals surface area contributed by atoms with Crippen LogP contribution in [0.2, 0.25) is 0 Å². The van der Waals surface area contributed by atoms with E-state index in [1.54, 1.807) is 23.8 Å². The van der Waals surface area contributed by atoms with Gasteiger partial charge >= 0.3 is 0 Å². The molecule has 5 heteroatoms. The topological polar surface area (TPSA) is 32.8 Å². The average molecular weight is 373 g/mol. The fourth-order valence-corrected chi connectivity index (χ4v) is 3.23. The smallest absolute Gasteiger partial charge is 0.236 e. The van der Waals surface area contributed by atoms with Gasteiger partial charge in [-0.1, -0.05) is 29.8 Å². The third-order valence-electron chi connectivity index (χ3n) is 4.29. The van der Waals surface area contributed by atoms with Crippen molar-refractivity contribution < 1.29 is 9.53 Å². The van der Waals surface area contributed by atoms with Gasteiger partial charge in [0, 0.05) is 30.6 Å². The van der Waals surface area contributed by atoms with Gasteiger partial charge in [-0.3, -0.25) is 9.69 Å². The number of rotatable bonds is 8. The van der Waals surface area contributed by atoms with Gasteiger partial charge in [0.05, 0.1) is 13.7 Å². The highest BCUT2D eigenvalue weighted by molar-refractivity contribution is 7.98. The normalized spacial score (nSPS) is 10.8. The van der Waals surface area contributed by atoms with Crippen LogP contribution in [0.25, 0.3) is 0 Å². The first kappa shape index (κ1) is 20.3. The minimum atomic E-state index is 0.105. The molecule has 0 bridgehead atoms. The molecule has 0 N–H and O–H groups in total. The summed E-state index contributed by atoms with van der Waals surface area (Å²) in [6.45, 7) is 3.72. The van der Waals surface area contributed by atoms with Crippen molar-refractivity contribution >= 4 is 17.7 Å². The molecule has 0 saturated heterocycles. The van der Waals surface area contributed by atoms with Crippen LogP contribution in [0.15, 0.2) is 47.4 Å². The summed E-state index contributed by atoms with van der Waals surface area (Å²) in [4.78, 5) is 17.6. The van der Waals surface area contributed by atoms with Gasteiger partial charge in [0.1, 0.15) is 5.75 Å². The number of carbonyl (C=O) groups is 1. The van der Waals surface area contributed by atoms with Gasteiger partial charge in [-0.05, 0) is 44.0 Å². The molecule has 0 radical (unpaired) electrons. The second-order valence-electron chi connectivity index (χ2n) is 6.59. The van der Waals surface area contributed by atoms with Crippen LogP contribution in [0.4, 0.5) is 0 Å². The van der Waals surface area contributed by atoms with E-state index in [0.717, 1.165) is 16.9 Å². The predicted octanol–water partition coefficient (Wildman–Crippen LogP) is 3.82. The van der Waals surface area contributed by atoms with E-state index in [9.17, 15) is 4.79 Å². The van der Waals surface area contributed by atoms with Gasteiger partial charge in [-0.25, -0.2) is 0 Å². The molecule has 2 rings (SSSR count). The van der Waals surface area contributed by atoms with Gasteiger partial charge in [0.25, 0.3) is 0 Å². The van der Waals surface area contributed by atoms with Gasteiger partial charge in [0.15, 0.2) is 0 Å². The van der Waals surface area contributed by atoms with E-state index in [1.165, 1.54) is 10.5 Å². The molecule has 2 aromatic carbocycles. The Morgan fingerprint density at radius 2 is 1.77 bits per heavy atom. The van der Waals surface area contributed by atoms with Crippen LogP contribution >= 0.6 is 11.8 Å². The minimum Gasteiger partial charge on any atom is -0.496 e. The first-order valence-electron chi connectivity index (χ1n) is 8.62. The van der Waals surface area contributed by atoms with Crippen LogP contribution in [-0.2, 0) is 17.9 Å². The third kappa shape index (κ3) is 5.78. The lowest BCUT2D eigenvalue weighted by atomic mass is 10.1. The van der Waals surface area contributed by atoms with E-state index in [1.807, 2.05) is 31.1 Å². The third-order valence-corrected chi connectivity index (χ3v) is 5.03. The van der Waals surface area contributed by atoms with Gasteiger partial charge in [-0.2, -0.15) is 0 Å². The number of hydrogen-bond acceptors (Lipinski definition) is 4. The molecular formula is C21H28N2O2S. The van der Waals surface area contributed by atoms with Crippen LogP contribution in [-0.4, -0.2) is 49.7 Å². The Morgan fingerprint density at radius 1 is 1.08 bits per heavy atom. The van der Waals surface area contributed by atoms with E-state index in [-0.39, 0.29) is 5.91 Å². The molecule has 0 aliphatic rings. The first-order valence-corrected chi connectivity index (χ1v) is 9.84. The Morgan fingerprint density at radius 3 is 2.38 bits per heavy atom. The number of hydrogen-bond donors (Lipinski definition) is 0. The molecule has 2 aromatic rings. The second-order valence-corrected chi connectivity index (χ2v) is 7.47. The fraction of sp³-hybridized carbons (Fsp3) is 0.381. The second kappa shape index (κ2) is 9.64. The Bertz CT molecular complexity index is 731. The van der Waals surface area contributed by atoms with Gasteiger partial charge in [-0.15, -0.1) is 11.8 Å². The molecular weight excluding hydrogens is 344 g/mol. The molecule has 0 saturated carbocycles. The summed E-state index contributed by atoms with van der Waals surface area (Å²) in [5.74, 6) is 0.963. The number of benzene rings is 2. The highest BCUT2D eigenvalue weighted by Gasteiger charge is 2.14. The SMILES string of the molecule is COc1ccc(C)cc1CN(C)CC(=O)N(C)Cc1ccc(SC)cc1. The lowest BCUT2D eigenvalue weighted by molar-refractivity contribution is -0.131. The highest BCUT2D eigenvalue weighted by atomic mass is 32.2. The summed E-state index contributed by atoms with van der Waals surface area (Å²) in [5.41, 5.74) is 3.42. The van der Waals surface area contributed by atoms with Crippen molar-refractivity contribution in [3.63, 3.8) is 0 Å². The van der Waals surface area contributed by atoms with Crippen molar-refractivity contribution in [2.75, 3.05) is 34.0 Å². The molecule has 0 aliphatic heterocycles. The number of ether oxygens (including phenoxy) is 1. The minimum absolute atomic E-state index is 0.105. The molecule has 0 atom stereocenters.